The van der Waals surface area contributed by atoms with Crippen LogP contribution in [-0.4, -0.2) is 37.6 Å². The van der Waals surface area contributed by atoms with Crippen LogP contribution in [0.2, 0.25) is 0 Å². The molecular weight excluding hydrogens is 154 g/mol. The quantitative estimate of drug-likeness (QED) is 0.552. The topological polar surface area (TPSA) is 29.5 Å². The lowest BCUT2D eigenvalue weighted by Crippen LogP contribution is -2.34. The second-order valence-corrected chi connectivity index (χ2v) is 3.55. The first-order valence-corrected chi connectivity index (χ1v) is 4.52. The van der Waals surface area contributed by atoms with Crippen LogP contribution in [0.5, 0.6) is 0 Å². The van der Waals surface area contributed by atoms with Crippen molar-refractivity contribution >= 4 is 5.97 Å². The van der Waals surface area contributed by atoms with Gasteiger partial charge in [0.2, 0.25) is 0 Å². The maximum atomic E-state index is 11.0. The van der Waals surface area contributed by atoms with Crippen LogP contribution in [0.15, 0.2) is 0 Å². The molecule has 0 N–H and O–H groups in total. The summed E-state index contributed by atoms with van der Waals surface area (Å²) < 4.78 is 5.08. The Hall–Kier alpha value is -0.570. The van der Waals surface area contributed by atoms with Gasteiger partial charge < -0.3 is 9.64 Å². The second-order valence-electron chi connectivity index (χ2n) is 3.55. The fourth-order valence-corrected chi connectivity index (χ4v) is 1.40. The van der Waals surface area contributed by atoms with Crippen LogP contribution in [0.4, 0.5) is 0 Å². The average molecular weight is 171 g/mol. The minimum absolute atomic E-state index is 0.0402. The molecule has 0 bridgehead atoms. The summed E-state index contributed by atoms with van der Waals surface area (Å²) in [6.07, 6.45) is 3.85. The molecule has 0 saturated carbocycles. The molecule has 1 heterocycles. The molecule has 3 heteroatoms. The first-order valence-electron chi connectivity index (χ1n) is 4.52. The summed E-state index contributed by atoms with van der Waals surface area (Å²) >= 11 is 0. The number of rotatable bonds is 1. The first kappa shape index (κ1) is 9.52. The van der Waals surface area contributed by atoms with Crippen molar-refractivity contribution in [1.29, 1.82) is 0 Å². The highest BCUT2D eigenvalue weighted by atomic mass is 16.5. The third-order valence-electron chi connectivity index (χ3n) is 2.34. The van der Waals surface area contributed by atoms with E-state index in [1.165, 1.54) is 0 Å². The van der Waals surface area contributed by atoms with E-state index >= 15 is 0 Å². The Morgan fingerprint density at radius 3 is 2.83 bits per heavy atom. The summed E-state index contributed by atoms with van der Waals surface area (Å²) in [5.74, 6) is -0.0402. The van der Waals surface area contributed by atoms with Crippen LogP contribution in [0.3, 0.4) is 0 Å². The number of esters is 1. The SMILES string of the molecule is CN(C)C1CCCCC(=O)OC1. The van der Waals surface area contributed by atoms with Gasteiger partial charge in [-0.05, 0) is 26.9 Å². The van der Waals surface area contributed by atoms with Crippen LogP contribution in [-0.2, 0) is 9.53 Å². The van der Waals surface area contributed by atoms with E-state index in [1.54, 1.807) is 0 Å². The average Bonchev–Trinajstić information content (AvgIpc) is 1.97. The normalized spacial score (nSPS) is 26.2. The molecule has 1 fully saturated rings. The molecular formula is C9H17NO2. The van der Waals surface area contributed by atoms with Gasteiger partial charge in [0, 0.05) is 12.5 Å². The van der Waals surface area contributed by atoms with Crippen LogP contribution in [0.1, 0.15) is 25.7 Å². The fourth-order valence-electron chi connectivity index (χ4n) is 1.40. The summed E-state index contributed by atoms with van der Waals surface area (Å²) in [6.45, 7) is 0.561. The summed E-state index contributed by atoms with van der Waals surface area (Å²) in [5.41, 5.74) is 0. The summed E-state index contributed by atoms with van der Waals surface area (Å²) in [6, 6.07) is 0.411. The number of likely N-dealkylation sites (N-methyl/N-ethyl adjacent to an activating group) is 1. The second kappa shape index (κ2) is 4.45. The molecule has 0 aromatic carbocycles. The van der Waals surface area contributed by atoms with Gasteiger partial charge in [0.25, 0.3) is 0 Å². The van der Waals surface area contributed by atoms with Crippen LogP contribution in [0.25, 0.3) is 0 Å². The van der Waals surface area contributed by atoms with Crippen molar-refractivity contribution in [3.63, 3.8) is 0 Å². The van der Waals surface area contributed by atoms with Crippen LogP contribution < -0.4 is 0 Å². The Morgan fingerprint density at radius 2 is 2.17 bits per heavy atom. The van der Waals surface area contributed by atoms with E-state index in [1.807, 2.05) is 14.1 Å². The van der Waals surface area contributed by atoms with E-state index in [2.05, 4.69) is 4.90 Å². The number of hydrogen-bond acceptors (Lipinski definition) is 3. The third-order valence-corrected chi connectivity index (χ3v) is 2.34. The predicted molar refractivity (Wildman–Crippen MR) is 46.9 cm³/mol. The minimum Gasteiger partial charge on any atom is -0.464 e. The molecule has 12 heavy (non-hydrogen) atoms. The third kappa shape index (κ3) is 2.81. The van der Waals surface area contributed by atoms with Gasteiger partial charge in [-0.1, -0.05) is 6.42 Å². The van der Waals surface area contributed by atoms with Crippen molar-refractivity contribution < 1.29 is 9.53 Å². The van der Waals surface area contributed by atoms with E-state index in [0.29, 0.717) is 19.1 Å². The van der Waals surface area contributed by atoms with Gasteiger partial charge in [-0.3, -0.25) is 4.79 Å². The van der Waals surface area contributed by atoms with Gasteiger partial charge in [-0.2, -0.15) is 0 Å². The molecule has 1 rings (SSSR count). The predicted octanol–water partition coefficient (Wildman–Crippen LogP) is 1.03. The highest BCUT2D eigenvalue weighted by Crippen LogP contribution is 2.12. The van der Waals surface area contributed by atoms with Gasteiger partial charge in [-0.25, -0.2) is 0 Å². The molecule has 1 atom stereocenters. The lowest BCUT2D eigenvalue weighted by molar-refractivity contribution is -0.146. The maximum absolute atomic E-state index is 11.0. The molecule has 0 aromatic heterocycles. The molecule has 1 unspecified atom stereocenters. The molecule has 0 aromatic rings. The zero-order valence-corrected chi connectivity index (χ0v) is 7.88. The Bertz CT molecular complexity index is 157. The summed E-state index contributed by atoms with van der Waals surface area (Å²) in [7, 11) is 4.06. The largest absolute Gasteiger partial charge is 0.464 e. The lowest BCUT2D eigenvalue weighted by atomic mass is 10.1. The molecule has 0 spiro atoms. The summed E-state index contributed by atoms with van der Waals surface area (Å²) in [4.78, 5) is 13.1. The van der Waals surface area contributed by atoms with E-state index in [9.17, 15) is 4.79 Å². The van der Waals surface area contributed by atoms with Gasteiger partial charge in [0.15, 0.2) is 0 Å². The Morgan fingerprint density at radius 1 is 1.42 bits per heavy atom. The zero-order valence-electron chi connectivity index (χ0n) is 7.88. The number of hydrogen-bond donors (Lipinski definition) is 0. The van der Waals surface area contributed by atoms with E-state index in [4.69, 9.17) is 4.74 Å². The Balaban J connectivity index is 2.39. The number of cyclic esters (lactones) is 1. The number of ether oxygens (including phenoxy) is 1. The molecule has 0 aliphatic carbocycles. The van der Waals surface area contributed by atoms with Gasteiger partial charge in [0.1, 0.15) is 6.61 Å². The van der Waals surface area contributed by atoms with Crippen molar-refractivity contribution in [2.75, 3.05) is 20.7 Å². The molecule has 3 nitrogen and oxygen atoms in total. The van der Waals surface area contributed by atoms with Crippen LogP contribution in [0, 0.1) is 0 Å². The van der Waals surface area contributed by atoms with Gasteiger partial charge in [0.05, 0.1) is 0 Å². The maximum Gasteiger partial charge on any atom is 0.305 e. The van der Waals surface area contributed by atoms with Crippen molar-refractivity contribution in [2.45, 2.75) is 31.7 Å². The van der Waals surface area contributed by atoms with Crippen molar-refractivity contribution in [2.24, 2.45) is 0 Å². The van der Waals surface area contributed by atoms with E-state index in [0.717, 1.165) is 19.3 Å². The van der Waals surface area contributed by atoms with E-state index in [-0.39, 0.29) is 5.97 Å². The number of nitrogens with zero attached hydrogens (tertiary/aromatic N) is 1. The van der Waals surface area contributed by atoms with Gasteiger partial charge in [-0.15, -0.1) is 0 Å². The fraction of sp³-hybridized carbons (Fsp3) is 0.889. The first-order chi connectivity index (χ1) is 5.70. The molecule has 0 amide bonds. The molecule has 1 aliphatic rings. The van der Waals surface area contributed by atoms with Gasteiger partial charge >= 0.3 is 5.97 Å². The molecule has 1 saturated heterocycles. The highest BCUT2D eigenvalue weighted by molar-refractivity contribution is 5.69. The molecule has 1 aliphatic heterocycles. The Labute approximate surface area is 73.7 Å². The minimum atomic E-state index is -0.0402. The number of carbonyl (C=O) groups excluding carboxylic acids is 1. The van der Waals surface area contributed by atoms with Crippen molar-refractivity contribution in [3.05, 3.63) is 0 Å². The highest BCUT2D eigenvalue weighted by Gasteiger charge is 2.16. The van der Waals surface area contributed by atoms with Crippen molar-refractivity contribution in [3.8, 4) is 0 Å². The lowest BCUT2D eigenvalue weighted by Gasteiger charge is -2.25. The zero-order chi connectivity index (χ0) is 8.97. The Kier molecular flexibility index (Phi) is 3.53. The standard InChI is InChI=1S/C9H17NO2/c1-10(2)8-5-3-4-6-9(11)12-7-8/h8H,3-7H2,1-2H3. The smallest absolute Gasteiger partial charge is 0.305 e. The van der Waals surface area contributed by atoms with E-state index < -0.39 is 0 Å². The molecule has 70 valence electrons. The molecule has 0 radical (unpaired) electrons. The van der Waals surface area contributed by atoms with Crippen LogP contribution >= 0.6 is 0 Å². The monoisotopic (exact) mass is 171 g/mol. The van der Waals surface area contributed by atoms with Crippen molar-refractivity contribution in [1.82, 2.24) is 4.90 Å². The summed E-state index contributed by atoms with van der Waals surface area (Å²) in [5, 5.41) is 0. The number of carbonyl (C=O) groups is 1.